The highest BCUT2D eigenvalue weighted by Crippen LogP contribution is 2.11. The molecular formula is C16H17FOS. The van der Waals surface area contributed by atoms with Crippen molar-refractivity contribution in [1.82, 2.24) is 0 Å². The molecule has 0 radical (unpaired) electrons. The second-order valence-corrected chi connectivity index (χ2v) is 6.02. The molecule has 0 aliphatic rings. The van der Waals surface area contributed by atoms with E-state index in [2.05, 4.69) is 12.1 Å². The molecule has 2 rings (SSSR count). The number of unbranched alkanes of at least 4 members (excludes halogenated alkanes) is 1. The van der Waals surface area contributed by atoms with Crippen LogP contribution < -0.4 is 0 Å². The molecule has 0 saturated heterocycles. The van der Waals surface area contributed by atoms with Crippen LogP contribution in [0, 0.1) is 5.82 Å². The largest absolute Gasteiger partial charge is 0.254 e. The van der Waals surface area contributed by atoms with Gasteiger partial charge in [-0.3, -0.25) is 4.21 Å². The molecule has 19 heavy (non-hydrogen) atoms. The Morgan fingerprint density at radius 3 is 2.26 bits per heavy atom. The summed E-state index contributed by atoms with van der Waals surface area (Å²) in [5, 5.41) is 0. The van der Waals surface area contributed by atoms with E-state index in [1.807, 2.05) is 18.2 Å². The van der Waals surface area contributed by atoms with Gasteiger partial charge in [0.05, 0.1) is 10.8 Å². The predicted molar refractivity (Wildman–Crippen MR) is 77.1 cm³/mol. The Balaban J connectivity index is 1.74. The quantitative estimate of drug-likeness (QED) is 0.730. The Labute approximate surface area is 115 Å². The van der Waals surface area contributed by atoms with E-state index in [1.54, 1.807) is 12.1 Å². The fourth-order valence-corrected chi connectivity index (χ4v) is 3.05. The number of rotatable bonds is 6. The van der Waals surface area contributed by atoms with Gasteiger partial charge in [0.2, 0.25) is 0 Å². The number of hydrogen-bond acceptors (Lipinski definition) is 1. The number of benzene rings is 2. The van der Waals surface area contributed by atoms with Crippen molar-refractivity contribution in [2.75, 3.05) is 5.75 Å². The summed E-state index contributed by atoms with van der Waals surface area (Å²) in [6.07, 6.45) is 2.96. The Morgan fingerprint density at radius 1 is 0.895 bits per heavy atom. The van der Waals surface area contributed by atoms with Gasteiger partial charge in [0, 0.05) is 10.6 Å². The van der Waals surface area contributed by atoms with Gasteiger partial charge >= 0.3 is 0 Å². The van der Waals surface area contributed by atoms with Crippen LogP contribution in [-0.4, -0.2) is 9.96 Å². The zero-order valence-corrected chi connectivity index (χ0v) is 11.5. The van der Waals surface area contributed by atoms with Crippen molar-refractivity contribution in [3.05, 3.63) is 66.0 Å². The summed E-state index contributed by atoms with van der Waals surface area (Å²) in [7, 11) is -1.02. The summed E-state index contributed by atoms with van der Waals surface area (Å²) in [6, 6.07) is 16.2. The Kier molecular flexibility index (Phi) is 5.28. The van der Waals surface area contributed by atoms with Crippen LogP contribution in [0.1, 0.15) is 18.4 Å². The number of halogens is 1. The molecule has 0 aliphatic carbocycles. The van der Waals surface area contributed by atoms with Crippen molar-refractivity contribution in [2.45, 2.75) is 24.2 Å². The van der Waals surface area contributed by atoms with Crippen LogP contribution in [-0.2, 0) is 17.2 Å². The number of hydrogen-bond donors (Lipinski definition) is 0. The minimum atomic E-state index is -1.02. The molecule has 0 aromatic heterocycles. The summed E-state index contributed by atoms with van der Waals surface area (Å²) in [5.74, 6) is 0.350. The molecule has 100 valence electrons. The summed E-state index contributed by atoms with van der Waals surface area (Å²) in [6.45, 7) is 0. The van der Waals surface area contributed by atoms with Crippen molar-refractivity contribution >= 4 is 10.8 Å². The maximum atomic E-state index is 12.7. The van der Waals surface area contributed by atoms with E-state index in [1.165, 1.54) is 17.7 Å². The first-order valence-electron chi connectivity index (χ1n) is 6.43. The highest BCUT2D eigenvalue weighted by molar-refractivity contribution is 7.85. The first kappa shape index (κ1) is 13.9. The molecule has 0 amide bonds. The predicted octanol–water partition coefficient (Wildman–Crippen LogP) is 3.96. The first-order valence-corrected chi connectivity index (χ1v) is 7.75. The van der Waals surface area contributed by atoms with Gasteiger partial charge in [0.1, 0.15) is 5.82 Å². The van der Waals surface area contributed by atoms with Crippen LogP contribution in [0.4, 0.5) is 4.39 Å². The zero-order valence-electron chi connectivity index (χ0n) is 10.7. The van der Waals surface area contributed by atoms with Crippen molar-refractivity contribution in [2.24, 2.45) is 0 Å². The van der Waals surface area contributed by atoms with Crippen molar-refractivity contribution in [3.8, 4) is 0 Å². The summed E-state index contributed by atoms with van der Waals surface area (Å²) < 4.78 is 24.7. The SMILES string of the molecule is O=S(CCCCc1ccccc1)c1ccc(F)cc1. The average Bonchev–Trinajstić information content (AvgIpc) is 2.45. The highest BCUT2D eigenvalue weighted by atomic mass is 32.2. The minimum Gasteiger partial charge on any atom is -0.254 e. The standard InChI is InChI=1S/C16H17FOS/c17-15-9-11-16(12-10-15)19(18)13-5-4-8-14-6-2-1-3-7-14/h1-3,6-7,9-12H,4-5,8,13H2. The molecular weight excluding hydrogens is 259 g/mol. The van der Waals surface area contributed by atoms with Crippen molar-refractivity contribution in [1.29, 1.82) is 0 Å². The molecule has 0 fully saturated rings. The molecule has 1 unspecified atom stereocenters. The topological polar surface area (TPSA) is 17.1 Å². The molecule has 2 aromatic rings. The lowest BCUT2D eigenvalue weighted by atomic mass is 10.1. The van der Waals surface area contributed by atoms with Crippen LogP contribution in [0.3, 0.4) is 0 Å². The van der Waals surface area contributed by atoms with Crippen LogP contribution in [0.2, 0.25) is 0 Å². The third kappa shape index (κ3) is 4.60. The van der Waals surface area contributed by atoms with Crippen LogP contribution in [0.15, 0.2) is 59.5 Å². The maximum Gasteiger partial charge on any atom is 0.123 e. The summed E-state index contributed by atoms with van der Waals surface area (Å²) >= 11 is 0. The fourth-order valence-electron chi connectivity index (χ4n) is 1.91. The van der Waals surface area contributed by atoms with Crippen molar-refractivity contribution in [3.63, 3.8) is 0 Å². The van der Waals surface area contributed by atoms with Crippen molar-refractivity contribution < 1.29 is 8.60 Å². The summed E-state index contributed by atoms with van der Waals surface area (Å²) in [4.78, 5) is 0.709. The molecule has 0 bridgehead atoms. The van der Waals surface area contributed by atoms with E-state index in [4.69, 9.17) is 0 Å². The van der Waals surface area contributed by atoms with Gasteiger partial charge in [-0.05, 0) is 49.1 Å². The molecule has 0 N–H and O–H groups in total. The third-order valence-electron chi connectivity index (χ3n) is 2.96. The van der Waals surface area contributed by atoms with E-state index in [-0.39, 0.29) is 5.82 Å². The van der Waals surface area contributed by atoms with Crippen LogP contribution in [0.5, 0.6) is 0 Å². The van der Waals surface area contributed by atoms with Gasteiger partial charge in [-0.1, -0.05) is 30.3 Å². The lowest BCUT2D eigenvalue weighted by Crippen LogP contribution is -1.99. The Morgan fingerprint density at radius 2 is 1.58 bits per heavy atom. The van der Waals surface area contributed by atoms with Gasteiger partial charge in [0.25, 0.3) is 0 Å². The monoisotopic (exact) mass is 276 g/mol. The van der Waals surface area contributed by atoms with E-state index < -0.39 is 10.8 Å². The zero-order chi connectivity index (χ0) is 13.5. The highest BCUT2D eigenvalue weighted by Gasteiger charge is 2.03. The Hall–Kier alpha value is -1.48. The molecule has 3 heteroatoms. The first-order chi connectivity index (χ1) is 9.25. The third-order valence-corrected chi connectivity index (χ3v) is 4.42. The molecule has 0 saturated carbocycles. The normalized spacial score (nSPS) is 12.3. The smallest absolute Gasteiger partial charge is 0.123 e. The van der Waals surface area contributed by atoms with Gasteiger partial charge < -0.3 is 0 Å². The molecule has 0 aliphatic heterocycles. The molecule has 0 spiro atoms. The van der Waals surface area contributed by atoms with E-state index in [0.29, 0.717) is 10.6 Å². The van der Waals surface area contributed by atoms with Gasteiger partial charge in [0.15, 0.2) is 0 Å². The second-order valence-electron chi connectivity index (χ2n) is 4.45. The number of aryl methyl sites for hydroxylation is 1. The van der Waals surface area contributed by atoms with Gasteiger partial charge in [-0.25, -0.2) is 4.39 Å². The lowest BCUT2D eigenvalue weighted by Gasteiger charge is -2.03. The molecule has 2 aromatic carbocycles. The molecule has 1 nitrogen and oxygen atoms in total. The van der Waals surface area contributed by atoms with Crippen LogP contribution in [0.25, 0.3) is 0 Å². The molecule has 1 atom stereocenters. The minimum absolute atomic E-state index is 0.287. The van der Waals surface area contributed by atoms with Gasteiger partial charge in [-0.15, -0.1) is 0 Å². The second kappa shape index (κ2) is 7.19. The van der Waals surface area contributed by atoms with Gasteiger partial charge in [-0.2, -0.15) is 0 Å². The maximum absolute atomic E-state index is 12.7. The molecule has 0 heterocycles. The summed E-state index contributed by atoms with van der Waals surface area (Å²) in [5.41, 5.74) is 1.31. The lowest BCUT2D eigenvalue weighted by molar-refractivity contribution is 0.626. The van der Waals surface area contributed by atoms with Crippen LogP contribution >= 0.6 is 0 Å². The van der Waals surface area contributed by atoms with E-state index >= 15 is 0 Å². The Bertz CT molecular complexity index is 522. The van der Waals surface area contributed by atoms with E-state index in [0.717, 1.165) is 19.3 Å². The van der Waals surface area contributed by atoms with E-state index in [9.17, 15) is 8.60 Å². The average molecular weight is 276 g/mol. The fraction of sp³-hybridized carbons (Fsp3) is 0.250.